The zero-order chi connectivity index (χ0) is 16.1. The molecule has 4 nitrogen and oxygen atoms in total. The Hall–Kier alpha value is -2.62. The monoisotopic (exact) mass is 307 g/mol. The van der Waals surface area contributed by atoms with Gasteiger partial charge in [0.05, 0.1) is 17.9 Å². The van der Waals surface area contributed by atoms with Crippen LogP contribution in [0.5, 0.6) is 0 Å². The Morgan fingerprint density at radius 3 is 1.96 bits per heavy atom. The molecule has 0 aliphatic heterocycles. The number of carboxylic acids is 1. The van der Waals surface area contributed by atoms with E-state index in [9.17, 15) is 9.59 Å². The molecule has 2 aromatic rings. The van der Waals surface area contributed by atoms with Crippen LogP contribution in [0.2, 0.25) is 0 Å². The minimum Gasteiger partial charge on any atom is -0.481 e. The largest absolute Gasteiger partial charge is 0.481 e. The van der Waals surface area contributed by atoms with Crippen LogP contribution in [-0.2, 0) is 9.59 Å². The maximum absolute atomic E-state index is 12.7. The van der Waals surface area contributed by atoms with E-state index in [4.69, 9.17) is 5.11 Å². The normalized spacial score (nSPS) is 21.4. The predicted octanol–water partition coefficient (Wildman–Crippen LogP) is 2.94. The maximum atomic E-state index is 12.7. The van der Waals surface area contributed by atoms with Gasteiger partial charge >= 0.3 is 5.97 Å². The van der Waals surface area contributed by atoms with Crippen LogP contribution in [0.3, 0.4) is 0 Å². The highest BCUT2D eigenvalue weighted by molar-refractivity contribution is 5.91. The molecule has 2 atom stereocenters. The van der Waals surface area contributed by atoms with Crippen molar-refractivity contribution in [2.24, 2.45) is 11.8 Å². The summed E-state index contributed by atoms with van der Waals surface area (Å²) in [4.78, 5) is 25.5. The lowest BCUT2D eigenvalue weighted by molar-refractivity contribution is -0.142. The molecular formula is C19H17NO3. The molecule has 0 heterocycles. The van der Waals surface area contributed by atoms with E-state index in [0.717, 1.165) is 22.3 Å². The van der Waals surface area contributed by atoms with Crippen molar-refractivity contribution in [1.82, 2.24) is 4.90 Å². The van der Waals surface area contributed by atoms with E-state index in [1.807, 2.05) is 36.4 Å². The zero-order valence-corrected chi connectivity index (χ0v) is 12.8. The van der Waals surface area contributed by atoms with E-state index in [-0.39, 0.29) is 17.9 Å². The first kappa shape index (κ1) is 14.0. The van der Waals surface area contributed by atoms with Gasteiger partial charge in [-0.1, -0.05) is 48.5 Å². The lowest BCUT2D eigenvalue weighted by atomic mass is 10.0. The van der Waals surface area contributed by atoms with Gasteiger partial charge in [0.2, 0.25) is 5.91 Å². The Kier molecular flexibility index (Phi) is 3.01. The summed E-state index contributed by atoms with van der Waals surface area (Å²) < 4.78 is 0. The summed E-state index contributed by atoms with van der Waals surface area (Å²) in [6.07, 6.45) is 0.453. The second kappa shape index (κ2) is 4.95. The third-order valence-electron chi connectivity index (χ3n) is 4.96. The predicted molar refractivity (Wildman–Crippen MR) is 85.7 cm³/mol. The van der Waals surface area contributed by atoms with Crippen LogP contribution in [0.25, 0.3) is 11.1 Å². The molecule has 2 aliphatic carbocycles. The van der Waals surface area contributed by atoms with Crippen molar-refractivity contribution in [3.05, 3.63) is 59.7 Å². The fourth-order valence-electron chi connectivity index (χ4n) is 3.68. The average Bonchev–Trinajstić information content (AvgIpc) is 3.30. The highest BCUT2D eigenvalue weighted by atomic mass is 16.4. The molecule has 0 spiro atoms. The van der Waals surface area contributed by atoms with E-state index in [0.29, 0.717) is 6.42 Å². The minimum absolute atomic E-state index is 0.0751. The van der Waals surface area contributed by atoms with Crippen LogP contribution in [0.1, 0.15) is 23.6 Å². The molecule has 2 aliphatic rings. The molecule has 2 unspecified atom stereocenters. The second-order valence-electron chi connectivity index (χ2n) is 6.31. The molecule has 2 aromatic carbocycles. The van der Waals surface area contributed by atoms with Gasteiger partial charge in [-0.15, -0.1) is 0 Å². The standard InChI is InChI=1S/C19H17NO3/c1-20(18(21)15-10-16(15)19(22)23)17-13-8-4-2-6-11(13)12-7-3-5-9-14(12)17/h2-9,15-17H,10H2,1H3,(H,22,23). The number of nitrogens with zero attached hydrogens (tertiary/aromatic N) is 1. The molecule has 0 radical (unpaired) electrons. The molecular weight excluding hydrogens is 290 g/mol. The van der Waals surface area contributed by atoms with Gasteiger partial charge in [0.25, 0.3) is 0 Å². The van der Waals surface area contributed by atoms with Gasteiger partial charge in [-0.2, -0.15) is 0 Å². The molecule has 0 bridgehead atoms. The lowest BCUT2D eigenvalue weighted by Crippen LogP contribution is -2.33. The molecule has 1 saturated carbocycles. The Balaban J connectivity index is 1.71. The van der Waals surface area contributed by atoms with Gasteiger partial charge in [-0.05, 0) is 28.7 Å². The lowest BCUT2D eigenvalue weighted by Gasteiger charge is -2.27. The van der Waals surface area contributed by atoms with Crippen LogP contribution in [-0.4, -0.2) is 28.9 Å². The van der Waals surface area contributed by atoms with E-state index >= 15 is 0 Å². The van der Waals surface area contributed by atoms with Crippen LogP contribution in [0.4, 0.5) is 0 Å². The summed E-state index contributed by atoms with van der Waals surface area (Å²) in [5, 5.41) is 9.06. The van der Waals surface area contributed by atoms with Crippen molar-refractivity contribution < 1.29 is 14.7 Å². The van der Waals surface area contributed by atoms with Gasteiger partial charge < -0.3 is 10.0 Å². The van der Waals surface area contributed by atoms with Crippen molar-refractivity contribution in [3.8, 4) is 11.1 Å². The molecule has 1 amide bonds. The Labute approximate surface area is 134 Å². The smallest absolute Gasteiger partial charge is 0.307 e. The minimum atomic E-state index is -0.871. The third-order valence-corrected chi connectivity index (χ3v) is 4.96. The average molecular weight is 307 g/mol. The number of hydrogen-bond donors (Lipinski definition) is 1. The van der Waals surface area contributed by atoms with E-state index in [1.165, 1.54) is 0 Å². The van der Waals surface area contributed by atoms with Crippen LogP contribution in [0, 0.1) is 11.8 Å². The number of hydrogen-bond acceptors (Lipinski definition) is 2. The first-order chi connectivity index (χ1) is 11.1. The molecule has 1 fully saturated rings. The number of fused-ring (bicyclic) bond motifs is 3. The number of rotatable bonds is 3. The Bertz CT molecular complexity index is 768. The fraction of sp³-hybridized carbons (Fsp3) is 0.263. The topological polar surface area (TPSA) is 57.6 Å². The Morgan fingerprint density at radius 2 is 1.48 bits per heavy atom. The van der Waals surface area contributed by atoms with Crippen LogP contribution >= 0.6 is 0 Å². The number of benzene rings is 2. The number of aliphatic carboxylic acids is 1. The van der Waals surface area contributed by atoms with Crippen LogP contribution in [0.15, 0.2) is 48.5 Å². The summed E-state index contributed by atoms with van der Waals surface area (Å²) in [7, 11) is 1.78. The maximum Gasteiger partial charge on any atom is 0.307 e. The second-order valence-corrected chi connectivity index (χ2v) is 6.31. The molecule has 4 heteroatoms. The molecule has 116 valence electrons. The highest BCUT2D eigenvalue weighted by Crippen LogP contribution is 2.48. The summed E-state index contributed by atoms with van der Waals surface area (Å²) >= 11 is 0. The SMILES string of the molecule is CN(C(=O)C1CC1C(=O)O)C1c2ccccc2-c2ccccc21. The molecule has 1 N–H and O–H groups in total. The number of carbonyl (C=O) groups excluding carboxylic acids is 1. The molecule has 0 aromatic heterocycles. The van der Waals surface area contributed by atoms with Crippen molar-refractivity contribution in [2.45, 2.75) is 12.5 Å². The molecule has 23 heavy (non-hydrogen) atoms. The number of carbonyl (C=O) groups is 2. The number of amides is 1. The fourth-order valence-corrected chi connectivity index (χ4v) is 3.68. The summed E-state index contributed by atoms with van der Waals surface area (Å²) in [5.41, 5.74) is 4.52. The summed E-state index contributed by atoms with van der Waals surface area (Å²) in [5.74, 6) is -1.84. The highest BCUT2D eigenvalue weighted by Gasteiger charge is 2.50. The first-order valence-corrected chi connectivity index (χ1v) is 7.77. The third kappa shape index (κ3) is 2.05. The van der Waals surface area contributed by atoms with Crippen molar-refractivity contribution >= 4 is 11.9 Å². The quantitative estimate of drug-likeness (QED) is 0.948. The van der Waals surface area contributed by atoms with E-state index in [1.54, 1.807) is 11.9 Å². The van der Waals surface area contributed by atoms with Crippen molar-refractivity contribution in [2.75, 3.05) is 7.05 Å². The van der Waals surface area contributed by atoms with E-state index in [2.05, 4.69) is 12.1 Å². The van der Waals surface area contributed by atoms with E-state index < -0.39 is 11.9 Å². The summed E-state index contributed by atoms with van der Waals surface area (Å²) in [6, 6.07) is 16.1. The zero-order valence-electron chi connectivity index (χ0n) is 12.8. The van der Waals surface area contributed by atoms with Crippen LogP contribution < -0.4 is 0 Å². The van der Waals surface area contributed by atoms with Gasteiger partial charge in [-0.25, -0.2) is 0 Å². The summed E-state index contributed by atoms with van der Waals surface area (Å²) in [6.45, 7) is 0. The van der Waals surface area contributed by atoms with Gasteiger partial charge in [0.1, 0.15) is 0 Å². The molecule has 0 saturated heterocycles. The van der Waals surface area contributed by atoms with Gasteiger partial charge in [0, 0.05) is 7.05 Å². The van der Waals surface area contributed by atoms with Crippen molar-refractivity contribution in [1.29, 1.82) is 0 Å². The molecule has 4 rings (SSSR count). The van der Waals surface area contributed by atoms with Gasteiger partial charge in [-0.3, -0.25) is 9.59 Å². The van der Waals surface area contributed by atoms with Crippen molar-refractivity contribution in [3.63, 3.8) is 0 Å². The first-order valence-electron chi connectivity index (χ1n) is 7.77. The van der Waals surface area contributed by atoms with Gasteiger partial charge in [0.15, 0.2) is 0 Å². The Morgan fingerprint density at radius 1 is 0.957 bits per heavy atom. The number of carboxylic acid groups (broad SMARTS) is 1.